The van der Waals surface area contributed by atoms with Crippen LogP contribution in [0.1, 0.15) is 81.1 Å². The lowest BCUT2D eigenvalue weighted by atomic mass is 9.67. The smallest absolute Gasteiger partial charge is 0.192 e. The highest BCUT2D eigenvalue weighted by Gasteiger charge is 2.64. The maximum atomic E-state index is 14.2. The molecule has 3 aliphatic rings. The van der Waals surface area contributed by atoms with Crippen LogP contribution in [0.15, 0.2) is 0 Å². The van der Waals surface area contributed by atoms with E-state index in [0.29, 0.717) is 25.7 Å². The van der Waals surface area contributed by atoms with Crippen LogP contribution in [0.5, 0.6) is 0 Å². The molecule has 0 aromatic carbocycles. The molecule has 3 rings (SSSR count). The van der Waals surface area contributed by atoms with E-state index in [-0.39, 0.29) is 42.2 Å². The second-order valence-corrected chi connectivity index (χ2v) is 19.1. The summed E-state index contributed by atoms with van der Waals surface area (Å²) in [5, 5.41) is 22.4. The summed E-state index contributed by atoms with van der Waals surface area (Å²) in [6.07, 6.45) is 0.0359. The molecule has 1 heterocycles. The molecule has 222 valence electrons. The number of methoxy groups -OCH3 is 1. The third-order valence-corrected chi connectivity index (χ3v) is 14.8. The molecule has 0 unspecified atom stereocenters. The van der Waals surface area contributed by atoms with Crippen molar-refractivity contribution >= 4 is 14.1 Å². The van der Waals surface area contributed by atoms with E-state index in [1.54, 1.807) is 7.11 Å². The van der Waals surface area contributed by atoms with Crippen molar-refractivity contribution in [3.63, 3.8) is 0 Å². The molecule has 2 N–H and O–H groups in total. The fraction of sp³-hybridized carbons (Fsp3) is 0.966. The minimum atomic E-state index is -2.31. The van der Waals surface area contributed by atoms with Gasteiger partial charge in [-0.1, -0.05) is 41.5 Å². The average Bonchev–Trinajstić information content (AvgIpc) is 3.22. The van der Waals surface area contributed by atoms with E-state index in [4.69, 9.17) is 23.4 Å². The van der Waals surface area contributed by atoms with E-state index in [2.05, 4.69) is 47.7 Å². The molecule has 2 saturated carbocycles. The van der Waals surface area contributed by atoms with Crippen molar-refractivity contribution in [2.45, 2.75) is 135 Å². The molecule has 0 aromatic rings. The summed E-state index contributed by atoms with van der Waals surface area (Å²) < 4.78 is 31.1. The molecule has 1 saturated heterocycles. The van der Waals surface area contributed by atoms with Crippen molar-refractivity contribution < 1.29 is 38.4 Å². The first-order chi connectivity index (χ1) is 17.3. The van der Waals surface area contributed by atoms with E-state index in [9.17, 15) is 15.0 Å². The Morgan fingerprint density at radius 2 is 1.76 bits per heavy atom. The Bertz CT molecular complexity index is 837. The average molecular weight is 559 g/mol. The normalized spacial score (nSPS) is 39.6. The number of hydrogen-bond donors (Lipinski definition) is 2. The fourth-order valence-electron chi connectivity index (χ4n) is 6.81. The standard InChI is InChI=1S/C29H54O8Si/c1-18-19(24-21(13-15-30)35-28(7,8)36-24)16-22(37-38(10,11)26(2,3)4)29(32)14-12-20(27(29,5)6)25(23(18)31)34-17-33-9/h18-22,24-25,30,32H,12-17H2,1-11H3/t18-,19+,20-,21-,22+,24+,25-,29-/m1/s1. The molecule has 0 amide bonds. The van der Waals surface area contributed by atoms with E-state index >= 15 is 0 Å². The van der Waals surface area contributed by atoms with Crippen LogP contribution in [-0.2, 0) is 28.2 Å². The van der Waals surface area contributed by atoms with Gasteiger partial charge in [-0.15, -0.1) is 0 Å². The first-order valence-electron chi connectivity index (χ1n) is 14.3. The number of carbonyl (C=O) groups excluding carboxylic acids is 1. The van der Waals surface area contributed by atoms with Gasteiger partial charge in [0.15, 0.2) is 19.9 Å². The largest absolute Gasteiger partial charge is 0.411 e. The molecule has 3 fully saturated rings. The van der Waals surface area contributed by atoms with Crippen LogP contribution < -0.4 is 0 Å². The third-order valence-electron chi connectivity index (χ3n) is 10.3. The van der Waals surface area contributed by atoms with Gasteiger partial charge in [0.1, 0.15) is 12.9 Å². The highest BCUT2D eigenvalue weighted by molar-refractivity contribution is 6.74. The molecule has 2 bridgehead atoms. The second-order valence-electron chi connectivity index (χ2n) is 14.4. The van der Waals surface area contributed by atoms with Crippen molar-refractivity contribution in [3.05, 3.63) is 0 Å². The lowest BCUT2D eigenvalue weighted by Gasteiger charge is -2.50. The highest BCUT2D eigenvalue weighted by atomic mass is 28.4. The maximum Gasteiger partial charge on any atom is 0.192 e. The van der Waals surface area contributed by atoms with Crippen molar-refractivity contribution in [1.82, 2.24) is 0 Å². The van der Waals surface area contributed by atoms with E-state index in [1.807, 2.05) is 20.8 Å². The maximum absolute atomic E-state index is 14.2. The van der Waals surface area contributed by atoms with E-state index in [1.165, 1.54) is 0 Å². The van der Waals surface area contributed by atoms with Crippen molar-refractivity contribution in [2.24, 2.45) is 23.2 Å². The van der Waals surface area contributed by atoms with E-state index < -0.39 is 49.4 Å². The number of rotatable bonds is 8. The van der Waals surface area contributed by atoms with Crippen LogP contribution in [0.2, 0.25) is 18.1 Å². The zero-order valence-corrected chi connectivity index (χ0v) is 26.6. The SMILES string of the molecule is COCO[C@H]1C(=O)[C@H](C)[C@@H]([C@@H]2OC(C)(C)O[C@@H]2CCO)C[C@H](O[Si](C)(C)C(C)(C)C)[C@]2(O)CC[C@H]1C2(C)C. The highest BCUT2D eigenvalue weighted by Crippen LogP contribution is 2.58. The molecule has 0 spiro atoms. The van der Waals surface area contributed by atoms with Gasteiger partial charge in [-0.3, -0.25) is 4.79 Å². The van der Waals surface area contributed by atoms with E-state index in [0.717, 1.165) is 0 Å². The fourth-order valence-corrected chi connectivity index (χ4v) is 8.17. The molecular weight excluding hydrogens is 504 g/mol. The van der Waals surface area contributed by atoms with Gasteiger partial charge in [-0.05, 0) is 63.6 Å². The molecule has 0 aromatic heterocycles. The predicted molar refractivity (Wildman–Crippen MR) is 148 cm³/mol. The van der Waals surface area contributed by atoms with Crippen LogP contribution in [0.25, 0.3) is 0 Å². The van der Waals surface area contributed by atoms with Gasteiger partial charge in [0.25, 0.3) is 0 Å². The molecule has 8 atom stereocenters. The van der Waals surface area contributed by atoms with Crippen LogP contribution >= 0.6 is 0 Å². The third kappa shape index (κ3) is 5.82. The Morgan fingerprint density at radius 3 is 2.32 bits per heavy atom. The van der Waals surface area contributed by atoms with Crippen LogP contribution in [0.3, 0.4) is 0 Å². The Hall–Kier alpha value is -0.393. The summed E-state index contributed by atoms with van der Waals surface area (Å²) in [4.78, 5) is 14.2. The van der Waals surface area contributed by atoms with Gasteiger partial charge in [-0.2, -0.15) is 0 Å². The molecule has 1 aliphatic heterocycles. The summed E-state index contributed by atoms with van der Waals surface area (Å²) in [7, 11) is -0.760. The van der Waals surface area contributed by atoms with Gasteiger partial charge in [-0.25, -0.2) is 0 Å². The van der Waals surface area contributed by atoms with Crippen molar-refractivity contribution in [2.75, 3.05) is 20.5 Å². The number of ether oxygens (including phenoxy) is 4. The summed E-state index contributed by atoms with van der Waals surface area (Å²) in [6.45, 7) is 20.8. The molecule has 0 radical (unpaired) electrons. The Balaban J connectivity index is 2.16. The van der Waals surface area contributed by atoms with Gasteiger partial charge < -0.3 is 33.6 Å². The molecule has 38 heavy (non-hydrogen) atoms. The number of aliphatic hydroxyl groups is 2. The van der Waals surface area contributed by atoms with Crippen LogP contribution in [0.4, 0.5) is 0 Å². The van der Waals surface area contributed by atoms with Gasteiger partial charge in [0.2, 0.25) is 0 Å². The van der Waals surface area contributed by atoms with Crippen molar-refractivity contribution in [3.8, 4) is 0 Å². The van der Waals surface area contributed by atoms with Gasteiger partial charge >= 0.3 is 0 Å². The van der Waals surface area contributed by atoms with Crippen LogP contribution in [-0.4, -0.2) is 80.6 Å². The number of aliphatic hydroxyl groups excluding tert-OH is 1. The van der Waals surface area contributed by atoms with Gasteiger partial charge in [0.05, 0.1) is 23.9 Å². The number of fused-ring (bicyclic) bond motifs is 2. The number of ketones is 1. The Kier molecular flexibility index (Phi) is 9.40. The molecular formula is C29H54O8Si. The topological polar surface area (TPSA) is 104 Å². The lowest BCUT2D eigenvalue weighted by molar-refractivity contribution is -0.167. The first kappa shape index (κ1) is 32.1. The summed E-state index contributed by atoms with van der Waals surface area (Å²) in [5.74, 6) is -1.78. The summed E-state index contributed by atoms with van der Waals surface area (Å²) in [5.41, 5.74) is -1.80. The number of Topliss-reactive ketones (excluding diaryl/α,β-unsaturated/α-hetero) is 1. The zero-order chi connectivity index (χ0) is 28.9. The molecule has 8 nitrogen and oxygen atoms in total. The Labute approximate surface area is 231 Å². The summed E-state index contributed by atoms with van der Waals surface area (Å²) >= 11 is 0. The second kappa shape index (κ2) is 11.1. The molecule has 9 heteroatoms. The minimum Gasteiger partial charge on any atom is -0.411 e. The first-order valence-corrected chi connectivity index (χ1v) is 17.2. The molecule has 2 aliphatic carbocycles. The lowest BCUT2D eigenvalue weighted by Crippen LogP contribution is -2.59. The quantitative estimate of drug-likeness (QED) is 0.328. The number of carbonyl (C=O) groups is 1. The van der Waals surface area contributed by atoms with Crippen molar-refractivity contribution in [1.29, 1.82) is 0 Å². The Morgan fingerprint density at radius 1 is 1.13 bits per heavy atom. The summed E-state index contributed by atoms with van der Waals surface area (Å²) in [6, 6.07) is 0. The van der Waals surface area contributed by atoms with Gasteiger partial charge in [0, 0.05) is 31.0 Å². The predicted octanol–water partition coefficient (Wildman–Crippen LogP) is 4.66. The number of hydrogen-bond acceptors (Lipinski definition) is 8. The minimum absolute atomic E-state index is 0.00148. The zero-order valence-electron chi connectivity index (χ0n) is 25.6. The monoisotopic (exact) mass is 558 g/mol. The van der Waals surface area contributed by atoms with Crippen LogP contribution in [0, 0.1) is 23.2 Å².